The van der Waals surface area contributed by atoms with Gasteiger partial charge in [0.2, 0.25) is 0 Å². The molecule has 0 spiro atoms. The second-order valence-corrected chi connectivity index (χ2v) is 9.41. The molecule has 0 aliphatic rings. The van der Waals surface area contributed by atoms with Crippen molar-refractivity contribution in [3.05, 3.63) is 123 Å². The number of fused-ring (bicyclic) bond motifs is 1. The molecular weight excluding hydrogens is 534 g/mol. The largest absolute Gasteiger partial charge is 0.495 e. The van der Waals surface area contributed by atoms with Crippen molar-refractivity contribution in [2.45, 2.75) is 19.5 Å². The quantitative estimate of drug-likeness (QED) is 0.239. The van der Waals surface area contributed by atoms with Crippen molar-refractivity contribution in [2.24, 2.45) is 0 Å². The number of carbonyl (C=O) groups excluding carboxylic acids is 1. The van der Waals surface area contributed by atoms with E-state index in [0.717, 1.165) is 4.47 Å². The van der Waals surface area contributed by atoms with Gasteiger partial charge in [0.1, 0.15) is 17.3 Å². The molecule has 1 amide bonds. The first-order chi connectivity index (χ1) is 18.0. The Morgan fingerprint density at radius 3 is 2.49 bits per heavy atom. The molecular formula is C29H24BrN3O4. The molecule has 0 saturated heterocycles. The molecule has 5 rings (SSSR count). The maximum Gasteiger partial charge on any atom is 0.266 e. The Kier molecular flexibility index (Phi) is 6.92. The van der Waals surface area contributed by atoms with Crippen molar-refractivity contribution in [2.75, 3.05) is 7.11 Å². The number of amides is 1. The normalized spacial score (nSPS) is 11.9. The first kappa shape index (κ1) is 24.5. The van der Waals surface area contributed by atoms with Crippen LogP contribution in [0.25, 0.3) is 16.6 Å². The number of halogens is 1. The monoisotopic (exact) mass is 557 g/mol. The fourth-order valence-corrected chi connectivity index (χ4v) is 4.59. The molecule has 0 saturated carbocycles. The summed E-state index contributed by atoms with van der Waals surface area (Å²) >= 11 is 3.43. The number of furan rings is 1. The Bertz CT molecular complexity index is 1610. The Hall–Kier alpha value is -4.17. The van der Waals surface area contributed by atoms with Crippen molar-refractivity contribution in [3.63, 3.8) is 0 Å². The van der Waals surface area contributed by atoms with Crippen molar-refractivity contribution >= 4 is 32.7 Å². The molecule has 37 heavy (non-hydrogen) atoms. The average Bonchev–Trinajstić information content (AvgIpc) is 3.45. The molecule has 7 nitrogen and oxygen atoms in total. The number of ether oxygens (including phenoxy) is 1. The summed E-state index contributed by atoms with van der Waals surface area (Å²) in [5, 5.41) is 0.473. The van der Waals surface area contributed by atoms with Crippen molar-refractivity contribution < 1.29 is 13.9 Å². The Labute approximate surface area is 222 Å². The van der Waals surface area contributed by atoms with Gasteiger partial charge in [0, 0.05) is 10.0 Å². The number of carbonyl (C=O) groups is 1. The van der Waals surface area contributed by atoms with E-state index >= 15 is 0 Å². The summed E-state index contributed by atoms with van der Waals surface area (Å²) in [7, 11) is 1.56. The number of rotatable bonds is 7. The molecule has 0 radical (unpaired) electrons. The van der Waals surface area contributed by atoms with Crippen LogP contribution in [0.4, 0.5) is 0 Å². The van der Waals surface area contributed by atoms with Gasteiger partial charge in [-0.3, -0.25) is 14.2 Å². The van der Waals surface area contributed by atoms with Gasteiger partial charge in [0.25, 0.3) is 11.5 Å². The first-order valence-electron chi connectivity index (χ1n) is 11.7. The smallest absolute Gasteiger partial charge is 0.266 e. The van der Waals surface area contributed by atoms with Crippen LogP contribution in [0.3, 0.4) is 0 Å². The molecule has 0 fully saturated rings. The SMILES string of the molecule is COc1ccccc1-n1c(C(C)N(Cc2ccco2)C(=O)c2ccc(Br)cc2)nc2ccccc2c1=O. The number of methoxy groups -OCH3 is 1. The van der Waals surface area contributed by atoms with Crippen molar-refractivity contribution in [1.29, 1.82) is 0 Å². The third-order valence-corrected chi connectivity index (χ3v) is 6.76. The molecule has 2 aromatic heterocycles. The second-order valence-electron chi connectivity index (χ2n) is 8.49. The summed E-state index contributed by atoms with van der Waals surface area (Å²) in [6.45, 7) is 2.06. The van der Waals surface area contributed by atoms with E-state index in [2.05, 4.69) is 15.9 Å². The summed E-state index contributed by atoms with van der Waals surface area (Å²) < 4.78 is 13.6. The van der Waals surface area contributed by atoms with E-state index < -0.39 is 6.04 Å². The Balaban J connectivity index is 1.72. The zero-order valence-corrected chi connectivity index (χ0v) is 21.9. The lowest BCUT2D eigenvalue weighted by Crippen LogP contribution is -2.37. The number of para-hydroxylation sites is 3. The Morgan fingerprint density at radius 2 is 1.76 bits per heavy atom. The number of aromatic nitrogens is 2. The lowest BCUT2D eigenvalue weighted by atomic mass is 10.1. The molecule has 5 aromatic rings. The van der Waals surface area contributed by atoms with E-state index in [-0.39, 0.29) is 18.0 Å². The summed E-state index contributed by atoms with van der Waals surface area (Å²) in [6.07, 6.45) is 1.57. The lowest BCUT2D eigenvalue weighted by molar-refractivity contribution is 0.0648. The van der Waals surface area contributed by atoms with Gasteiger partial charge in [0.05, 0.1) is 42.5 Å². The van der Waals surface area contributed by atoms with Gasteiger partial charge in [-0.05, 0) is 67.6 Å². The number of nitrogens with zero attached hydrogens (tertiary/aromatic N) is 3. The van der Waals surface area contributed by atoms with Gasteiger partial charge < -0.3 is 14.1 Å². The minimum atomic E-state index is -0.608. The summed E-state index contributed by atoms with van der Waals surface area (Å²) in [5.41, 5.74) is 1.36. The van der Waals surface area contributed by atoms with Gasteiger partial charge in [-0.25, -0.2) is 4.98 Å². The van der Waals surface area contributed by atoms with E-state index in [0.29, 0.717) is 39.5 Å². The van der Waals surface area contributed by atoms with Crippen LogP contribution in [0.2, 0.25) is 0 Å². The van der Waals surface area contributed by atoms with Gasteiger partial charge in [0.15, 0.2) is 0 Å². The molecule has 0 aliphatic carbocycles. The first-order valence-corrected chi connectivity index (χ1v) is 12.5. The van der Waals surface area contributed by atoms with Crippen LogP contribution in [-0.4, -0.2) is 27.5 Å². The molecule has 1 unspecified atom stereocenters. The molecule has 186 valence electrons. The number of hydrogen-bond acceptors (Lipinski definition) is 5. The number of benzene rings is 3. The minimum Gasteiger partial charge on any atom is -0.495 e. The van der Waals surface area contributed by atoms with E-state index in [1.54, 1.807) is 66.8 Å². The zero-order valence-electron chi connectivity index (χ0n) is 20.3. The highest BCUT2D eigenvalue weighted by Gasteiger charge is 2.29. The van der Waals surface area contributed by atoms with Crippen LogP contribution in [0.1, 0.15) is 34.9 Å². The third kappa shape index (κ3) is 4.80. The minimum absolute atomic E-state index is 0.192. The highest BCUT2D eigenvalue weighted by molar-refractivity contribution is 9.10. The van der Waals surface area contributed by atoms with E-state index in [1.807, 2.05) is 43.3 Å². The highest BCUT2D eigenvalue weighted by atomic mass is 79.9. The molecule has 2 heterocycles. The lowest BCUT2D eigenvalue weighted by Gasteiger charge is -2.30. The Morgan fingerprint density at radius 1 is 1.03 bits per heavy atom. The van der Waals surface area contributed by atoms with E-state index in [1.165, 1.54) is 4.57 Å². The van der Waals surface area contributed by atoms with Crippen LogP contribution >= 0.6 is 15.9 Å². The van der Waals surface area contributed by atoms with Crippen LogP contribution in [0, 0.1) is 0 Å². The van der Waals surface area contributed by atoms with Crippen molar-refractivity contribution in [1.82, 2.24) is 14.5 Å². The maximum atomic E-state index is 13.9. The predicted octanol–water partition coefficient (Wildman–Crippen LogP) is 6.15. The fourth-order valence-electron chi connectivity index (χ4n) is 4.33. The van der Waals surface area contributed by atoms with Crippen LogP contribution in [0.5, 0.6) is 5.75 Å². The molecule has 1 atom stereocenters. The second kappa shape index (κ2) is 10.4. The van der Waals surface area contributed by atoms with Crippen LogP contribution in [-0.2, 0) is 6.54 Å². The summed E-state index contributed by atoms with van der Waals surface area (Å²) in [6, 6.07) is 24.6. The predicted molar refractivity (Wildman–Crippen MR) is 145 cm³/mol. The van der Waals surface area contributed by atoms with Gasteiger partial charge >= 0.3 is 0 Å². The molecule has 3 aromatic carbocycles. The summed E-state index contributed by atoms with van der Waals surface area (Å²) in [4.78, 5) is 34.3. The van der Waals surface area contributed by atoms with Crippen molar-refractivity contribution in [3.8, 4) is 11.4 Å². The fraction of sp³-hybridized carbons (Fsp3) is 0.138. The van der Waals surface area contributed by atoms with Gasteiger partial charge in [-0.15, -0.1) is 0 Å². The molecule has 8 heteroatoms. The molecule has 0 aliphatic heterocycles. The third-order valence-electron chi connectivity index (χ3n) is 6.23. The zero-order chi connectivity index (χ0) is 25.9. The summed E-state index contributed by atoms with van der Waals surface area (Å²) in [5.74, 6) is 1.33. The van der Waals surface area contributed by atoms with E-state index in [9.17, 15) is 9.59 Å². The average molecular weight is 558 g/mol. The number of hydrogen-bond donors (Lipinski definition) is 0. The highest BCUT2D eigenvalue weighted by Crippen LogP contribution is 2.29. The standard InChI is InChI=1S/C29H24BrN3O4/c1-19(32(18-22-8-7-17-37-22)28(34)20-13-15-21(30)16-14-20)27-31-24-10-4-3-9-23(24)29(35)33(27)25-11-5-6-12-26(25)36-2/h3-17,19H,18H2,1-2H3. The molecule has 0 N–H and O–H groups in total. The van der Waals surface area contributed by atoms with Crippen LogP contribution < -0.4 is 10.3 Å². The maximum absolute atomic E-state index is 13.9. The van der Waals surface area contributed by atoms with Gasteiger partial charge in [-0.1, -0.05) is 40.2 Å². The van der Waals surface area contributed by atoms with Gasteiger partial charge in [-0.2, -0.15) is 0 Å². The van der Waals surface area contributed by atoms with Crippen LogP contribution in [0.15, 0.2) is 105 Å². The topological polar surface area (TPSA) is 77.6 Å². The molecule has 0 bridgehead atoms. The van der Waals surface area contributed by atoms with E-state index in [4.69, 9.17) is 14.1 Å².